The van der Waals surface area contributed by atoms with Crippen molar-refractivity contribution in [1.29, 1.82) is 0 Å². The van der Waals surface area contributed by atoms with Gasteiger partial charge in [-0.1, -0.05) is 11.6 Å². The highest BCUT2D eigenvalue weighted by atomic mass is 35.7. The molecular formula is C8H7Cl2FO4S. The lowest BCUT2D eigenvalue weighted by Crippen LogP contribution is -2.01. The molecule has 0 bridgehead atoms. The summed E-state index contributed by atoms with van der Waals surface area (Å²) in [6.07, 6.45) is 0. The van der Waals surface area contributed by atoms with Crippen LogP contribution in [0.4, 0.5) is 4.39 Å². The third kappa shape index (κ3) is 2.90. The lowest BCUT2D eigenvalue weighted by Gasteiger charge is -2.09. The normalized spacial score (nSPS) is 11.5. The van der Waals surface area contributed by atoms with Gasteiger partial charge in [-0.3, -0.25) is 0 Å². The van der Waals surface area contributed by atoms with Gasteiger partial charge in [-0.25, -0.2) is 12.8 Å². The van der Waals surface area contributed by atoms with Crippen LogP contribution in [0.3, 0.4) is 0 Å². The smallest absolute Gasteiger partial charge is 0.237 e. The number of rotatable bonds is 3. The first kappa shape index (κ1) is 13.3. The van der Waals surface area contributed by atoms with Gasteiger partial charge < -0.3 is 9.84 Å². The van der Waals surface area contributed by atoms with Crippen LogP contribution in [0.15, 0.2) is 6.07 Å². The first-order valence-electron chi connectivity index (χ1n) is 3.92. The third-order valence-electron chi connectivity index (χ3n) is 1.79. The number of hydrogen-bond donors (Lipinski definition) is 1. The second-order valence-corrected chi connectivity index (χ2v) is 6.07. The van der Waals surface area contributed by atoms with Gasteiger partial charge in [-0.05, 0) is 0 Å². The van der Waals surface area contributed by atoms with Crippen LogP contribution < -0.4 is 4.74 Å². The third-order valence-corrected chi connectivity index (χ3v) is 3.04. The van der Waals surface area contributed by atoms with Gasteiger partial charge in [0, 0.05) is 16.7 Å². The van der Waals surface area contributed by atoms with Gasteiger partial charge in [0.25, 0.3) is 0 Å². The Balaban J connectivity index is 3.42. The average Bonchev–Trinajstić information content (AvgIpc) is 2.17. The molecule has 4 nitrogen and oxygen atoms in total. The number of phenolic OH excluding ortho intramolecular Hbond substituents is 1. The van der Waals surface area contributed by atoms with Gasteiger partial charge in [-0.15, -0.1) is 0 Å². The molecule has 1 aromatic rings. The van der Waals surface area contributed by atoms with Crippen molar-refractivity contribution in [3.8, 4) is 11.5 Å². The zero-order valence-electron chi connectivity index (χ0n) is 8.00. The molecule has 1 aromatic carbocycles. The molecule has 0 atom stereocenters. The second kappa shape index (κ2) is 4.65. The highest BCUT2D eigenvalue weighted by Gasteiger charge is 2.21. The number of phenols is 1. The Bertz CT molecular complexity index is 515. The van der Waals surface area contributed by atoms with Crippen molar-refractivity contribution in [2.75, 3.05) is 7.11 Å². The Morgan fingerprint density at radius 3 is 2.56 bits per heavy atom. The Hall–Kier alpha value is -0.720. The van der Waals surface area contributed by atoms with Crippen molar-refractivity contribution < 1.29 is 22.7 Å². The van der Waals surface area contributed by atoms with E-state index in [4.69, 9.17) is 22.3 Å². The van der Waals surface area contributed by atoms with Gasteiger partial charge >= 0.3 is 0 Å². The van der Waals surface area contributed by atoms with E-state index in [2.05, 4.69) is 4.74 Å². The van der Waals surface area contributed by atoms with E-state index in [-0.39, 0.29) is 10.8 Å². The SMILES string of the molecule is COc1cc(Cl)c(O)c(CS(=O)(=O)Cl)c1F. The van der Waals surface area contributed by atoms with Gasteiger partial charge in [0.15, 0.2) is 11.6 Å². The predicted octanol–water partition coefficient (Wildman–Crippen LogP) is 2.26. The van der Waals surface area contributed by atoms with Gasteiger partial charge in [0.1, 0.15) is 5.75 Å². The van der Waals surface area contributed by atoms with E-state index in [1.54, 1.807) is 0 Å². The van der Waals surface area contributed by atoms with Crippen LogP contribution in [0.1, 0.15) is 5.56 Å². The molecule has 0 aliphatic rings. The summed E-state index contributed by atoms with van der Waals surface area (Å²) in [5, 5.41) is 9.20. The molecule has 0 unspecified atom stereocenters. The molecule has 16 heavy (non-hydrogen) atoms. The van der Waals surface area contributed by atoms with Gasteiger partial charge in [0.2, 0.25) is 9.05 Å². The molecule has 0 aliphatic heterocycles. The maximum Gasteiger partial charge on any atom is 0.237 e. The molecule has 0 spiro atoms. The summed E-state index contributed by atoms with van der Waals surface area (Å²) in [5.74, 6) is -2.81. The summed E-state index contributed by atoms with van der Waals surface area (Å²) >= 11 is 5.56. The quantitative estimate of drug-likeness (QED) is 0.867. The number of aromatic hydroxyl groups is 1. The Labute approximate surface area is 101 Å². The fourth-order valence-corrected chi connectivity index (χ4v) is 2.25. The van der Waals surface area contributed by atoms with Crippen molar-refractivity contribution in [3.05, 3.63) is 22.5 Å². The van der Waals surface area contributed by atoms with Crippen LogP contribution in [-0.2, 0) is 14.8 Å². The molecule has 0 saturated heterocycles. The lowest BCUT2D eigenvalue weighted by atomic mass is 10.2. The van der Waals surface area contributed by atoms with Crippen LogP contribution in [0.2, 0.25) is 5.02 Å². The van der Waals surface area contributed by atoms with Gasteiger partial charge in [0.05, 0.1) is 23.4 Å². The minimum absolute atomic E-state index is 0.214. The molecule has 8 heteroatoms. The van der Waals surface area contributed by atoms with Crippen molar-refractivity contribution in [2.24, 2.45) is 0 Å². The molecule has 0 radical (unpaired) electrons. The van der Waals surface area contributed by atoms with Crippen LogP contribution in [0.5, 0.6) is 11.5 Å². The second-order valence-electron chi connectivity index (χ2n) is 2.88. The number of benzene rings is 1. The molecule has 0 saturated carbocycles. The first-order valence-corrected chi connectivity index (χ1v) is 6.78. The van der Waals surface area contributed by atoms with E-state index in [1.807, 2.05) is 0 Å². The van der Waals surface area contributed by atoms with Gasteiger partial charge in [-0.2, -0.15) is 0 Å². The van der Waals surface area contributed by atoms with E-state index < -0.39 is 31.9 Å². The Morgan fingerprint density at radius 2 is 2.12 bits per heavy atom. The maximum atomic E-state index is 13.6. The van der Waals surface area contributed by atoms with Crippen molar-refractivity contribution in [2.45, 2.75) is 5.75 Å². The fraction of sp³-hybridized carbons (Fsp3) is 0.250. The fourth-order valence-electron chi connectivity index (χ4n) is 1.10. The van der Waals surface area contributed by atoms with E-state index in [0.29, 0.717) is 0 Å². The molecule has 0 amide bonds. The average molecular weight is 289 g/mol. The minimum atomic E-state index is -4.01. The first-order chi connectivity index (χ1) is 7.26. The number of ether oxygens (including phenoxy) is 1. The molecular weight excluding hydrogens is 282 g/mol. The molecule has 1 N–H and O–H groups in total. The van der Waals surface area contributed by atoms with Crippen LogP contribution >= 0.6 is 22.3 Å². The highest BCUT2D eigenvalue weighted by Crippen LogP contribution is 2.36. The van der Waals surface area contributed by atoms with Crippen LogP contribution in [0, 0.1) is 5.82 Å². The summed E-state index contributed by atoms with van der Waals surface area (Å²) in [5.41, 5.74) is -0.514. The van der Waals surface area contributed by atoms with Crippen molar-refractivity contribution in [1.82, 2.24) is 0 Å². The molecule has 0 aromatic heterocycles. The predicted molar refractivity (Wildman–Crippen MR) is 58.1 cm³/mol. The van der Waals surface area contributed by atoms with Crippen LogP contribution in [-0.4, -0.2) is 20.6 Å². The van der Waals surface area contributed by atoms with E-state index in [0.717, 1.165) is 6.07 Å². The topological polar surface area (TPSA) is 63.6 Å². The standard InChI is InChI=1S/C8H7Cl2FO4S/c1-15-6-2-5(9)8(12)4(7(6)11)3-16(10,13)14/h2,12H,3H2,1H3. The molecule has 0 heterocycles. The van der Waals surface area contributed by atoms with E-state index in [1.165, 1.54) is 7.11 Å². The van der Waals surface area contributed by atoms with Crippen LogP contribution in [0.25, 0.3) is 0 Å². The molecule has 0 fully saturated rings. The summed E-state index contributed by atoms with van der Waals surface area (Å²) in [7, 11) is 2.15. The number of hydrogen-bond acceptors (Lipinski definition) is 4. The van der Waals surface area contributed by atoms with E-state index >= 15 is 0 Å². The Morgan fingerprint density at radius 1 is 1.56 bits per heavy atom. The van der Waals surface area contributed by atoms with Crippen molar-refractivity contribution >= 4 is 31.3 Å². The van der Waals surface area contributed by atoms with Crippen molar-refractivity contribution in [3.63, 3.8) is 0 Å². The summed E-state index contributed by atoms with van der Waals surface area (Å²) in [4.78, 5) is 0. The summed E-state index contributed by atoms with van der Waals surface area (Å²) in [6.45, 7) is 0. The Kier molecular flexibility index (Phi) is 3.88. The lowest BCUT2D eigenvalue weighted by molar-refractivity contribution is 0.379. The van der Waals surface area contributed by atoms with E-state index in [9.17, 15) is 17.9 Å². The molecule has 1 rings (SSSR count). The molecule has 0 aliphatic carbocycles. The maximum absolute atomic E-state index is 13.6. The largest absolute Gasteiger partial charge is 0.506 e. The number of methoxy groups -OCH3 is 1. The zero-order valence-corrected chi connectivity index (χ0v) is 10.3. The highest BCUT2D eigenvalue weighted by molar-refractivity contribution is 8.13. The summed E-state index contributed by atoms with van der Waals surface area (Å²) in [6, 6.07) is 1.04. The zero-order chi connectivity index (χ0) is 12.5. The summed E-state index contributed by atoms with van der Waals surface area (Å²) < 4.78 is 39.8. The molecule has 90 valence electrons. The monoisotopic (exact) mass is 288 g/mol. The number of halogens is 3. The minimum Gasteiger partial charge on any atom is -0.506 e.